The molecule has 2 amide bonds. The van der Waals surface area contributed by atoms with Crippen LogP contribution in [0, 0.1) is 5.92 Å². The molecule has 2 aliphatic rings. The van der Waals surface area contributed by atoms with Gasteiger partial charge in [-0.3, -0.25) is 9.59 Å². The lowest BCUT2D eigenvalue weighted by Gasteiger charge is -2.39. The topological polar surface area (TPSA) is 43.9 Å². The van der Waals surface area contributed by atoms with Gasteiger partial charge in [0, 0.05) is 56.9 Å². The number of carbonyl (C=O) groups is 2. The molecule has 4 rings (SSSR count). The first-order valence-electron chi connectivity index (χ1n) is 10.8. The van der Waals surface area contributed by atoms with Gasteiger partial charge in [0.1, 0.15) is 0 Å². The molecular weight excluding hydrogens is 374 g/mol. The van der Waals surface area contributed by atoms with Gasteiger partial charge in [-0.1, -0.05) is 48.5 Å². The number of anilines is 1. The number of piperazine rings is 1. The number of para-hydroxylation sites is 1. The third-order valence-electron chi connectivity index (χ3n) is 6.09. The molecule has 2 fully saturated rings. The zero-order valence-corrected chi connectivity index (χ0v) is 17.3. The summed E-state index contributed by atoms with van der Waals surface area (Å²) in [7, 11) is 0. The van der Waals surface area contributed by atoms with Crippen molar-refractivity contribution < 1.29 is 9.59 Å². The van der Waals surface area contributed by atoms with Gasteiger partial charge in [-0.25, -0.2) is 0 Å². The molecule has 5 heteroatoms. The second kappa shape index (κ2) is 9.61. The summed E-state index contributed by atoms with van der Waals surface area (Å²) < 4.78 is 0. The molecule has 0 N–H and O–H groups in total. The lowest BCUT2D eigenvalue weighted by Crippen LogP contribution is -2.52. The fraction of sp³-hybridized carbons (Fsp3) is 0.360. The van der Waals surface area contributed by atoms with Crippen LogP contribution < -0.4 is 4.90 Å². The van der Waals surface area contributed by atoms with Gasteiger partial charge in [0.05, 0.1) is 0 Å². The third-order valence-corrected chi connectivity index (χ3v) is 6.09. The van der Waals surface area contributed by atoms with Gasteiger partial charge < -0.3 is 14.7 Å². The van der Waals surface area contributed by atoms with Crippen molar-refractivity contribution in [2.45, 2.75) is 12.8 Å². The van der Waals surface area contributed by atoms with Gasteiger partial charge in [0.2, 0.25) is 11.8 Å². The summed E-state index contributed by atoms with van der Waals surface area (Å²) in [5.74, 6) is 0.325. The van der Waals surface area contributed by atoms with Crippen molar-refractivity contribution in [3.63, 3.8) is 0 Å². The molecule has 0 unspecified atom stereocenters. The van der Waals surface area contributed by atoms with Crippen molar-refractivity contribution in [3.05, 3.63) is 72.3 Å². The van der Waals surface area contributed by atoms with E-state index in [1.165, 1.54) is 5.69 Å². The summed E-state index contributed by atoms with van der Waals surface area (Å²) in [6.45, 7) is 4.59. The van der Waals surface area contributed by atoms with Gasteiger partial charge in [-0.15, -0.1) is 0 Å². The number of rotatable bonds is 4. The molecule has 2 aromatic carbocycles. The second-order valence-electron chi connectivity index (χ2n) is 7.99. The lowest BCUT2D eigenvalue weighted by atomic mass is 9.95. The van der Waals surface area contributed by atoms with E-state index in [1.54, 1.807) is 6.08 Å². The normalized spacial score (nSPS) is 18.1. The molecule has 30 heavy (non-hydrogen) atoms. The molecule has 0 radical (unpaired) electrons. The molecule has 5 nitrogen and oxygen atoms in total. The van der Waals surface area contributed by atoms with E-state index in [0.717, 1.165) is 44.6 Å². The highest BCUT2D eigenvalue weighted by atomic mass is 16.2. The first-order chi connectivity index (χ1) is 14.7. The average molecular weight is 404 g/mol. The summed E-state index contributed by atoms with van der Waals surface area (Å²) in [6.07, 6.45) is 5.00. The fourth-order valence-corrected chi connectivity index (χ4v) is 4.27. The maximum absolute atomic E-state index is 13.0. The molecule has 2 aromatic rings. The van der Waals surface area contributed by atoms with Crippen LogP contribution >= 0.6 is 0 Å². The molecule has 2 saturated heterocycles. The minimum Gasteiger partial charge on any atom is -0.368 e. The van der Waals surface area contributed by atoms with Gasteiger partial charge in [-0.05, 0) is 36.6 Å². The van der Waals surface area contributed by atoms with Gasteiger partial charge in [-0.2, -0.15) is 0 Å². The Hall–Kier alpha value is -3.08. The van der Waals surface area contributed by atoms with Gasteiger partial charge in [0.25, 0.3) is 0 Å². The van der Waals surface area contributed by atoms with Crippen molar-refractivity contribution in [1.82, 2.24) is 9.80 Å². The van der Waals surface area contributed by atoms with Crippen LogP contribution in [0.25, 0.3) is 6.08 Å². The largest absolute Gasteiger partial charge is 0.368 e. The first kappa shape index (κ1) is 20.2. The standard InChI is InChI=1S/C25H29N3O2/c29-24(12-11-21-7-3-1-4-8-21)27-15-13-22(14-16-27)25(30)28-19-17-26(18-20-28)23-9-5-2-6-10-23/h1-12,22H,13-20H2/b12-11+. The lowest BCUT2D eigenvalue weighted by molar-refractivity contribution is -0.139. The van der Waals surface area contributed by atoms with E-state index in [0.29, 0.717) is 13.1 Å². The van der Waals surface area contributed by atoms with Crippen LogP contribution in [0.5, 0.6) is 0 Å². The minimum absolute atomic E-state index is 0.0289. The quantitative estimate of drug-likeness (QED) is 0.736. The highest BCUT2D eigenvalue weighted by molar-refractivity contribution is 5.92. The van der Waals surface area contributed by atoms with Crippen LogP contribution in [0.1, 0.15) is 18.4 Å². The van der Waals surface area contributed by atoms with Gasteiger partial charge in [0.15, 0.2) is 0 Å². The van der Waals surface area contributed by atoms with E-state index in [4.69, 9.17) is 0 Å². The molecule has 0 aromatic heterocycles. The van der Waals surface area contributed by atoms with E-state index in [-0.39, 0.29) is 17.7 Å². The molecule has 0 atom stereocenters. The predicted octanol–water partition coefficient (Wildman–Crippen LogP) is 3.29. The number of benzene rings is 2. The monoisotopic (exact) mass is 403 g/mol. The maximum Gasteiger partial charge on any atom is 0.246 e. The van der Waals surface area contributed by atoms with E-state index in [9.17, 15) is 9.59 Å². The zero-order chi connectivity index (χ0) is 20.8. The number of likely N-dealkylation sites (tertiary alicyclic amines) is 1. The Morgan fingerprint density at radius 3 is 1.97 bits per heavy atom. The summed E-state index contributed by atoms with van der Waals surface area (Å²) in [4.78, 5) is 31.6. The molecular formula is C25H29N3O2. The molecule has 0 spiro atoms. The molecule has 2 heterocycles. The summed E-state index contributed by atoms with van der Waals surface area (Å²) in [5.41, 5.74) is 2.24. The van der Waals surface area contributed by atoms with E-state index < -0.39 is 0 Å². The van der Waals surface area contributed by atoms with Crippen molar-refractivity contribution in [3.8, 4) is 0 Å². The number of nitrogens with zero attached hydrogens (tertiary/aromatic N) is 3. The fourth-order valence-electron chi connectivity index (χ4n) is 4.27. The second-order valence-corrected chi connectivity index (χ2v) is 7.99. The Labute approximate surface area is 178 Å². The Morgan fingerprint density at radius 1 is 0.733 bits per heavy atom. The highest BCUT2D eigenvalue weighted by Gasteiger charge is 2.31. The molecule has 0 bridgehead atoms. The van der Waals surface area contributed by atoms with E-state index in [2.05, 4.69) is 29.2 Å². The first-order valence-corrected chi connectivity index (χ1v) is 10.8. The number of piperidine rings is 1. The zero-order valence-electron chi connectivity index (χ0n) is 17.3. The van der Waals surface area contributed by atoms with Crippen LogP contribution in [0.15, 0.2) is 66.7 Å². The maximum atomic E-state index is 13.0. The predicted molar refractivity (Wildman–Crippen MR) is 120 cm³/mol. The van der Waals surface area contributed by atoms with Crippen LogP contribution in [-0.4, -0.2) is 60.9 Å². The number of amides is 2. The number of carbonyl (C=O) groups excluding carboxylic acids is 2. The molecule has 0 aliphatic carbocycles. The molecule has 156 valence electrons. The Balaban J connectivity index is 1.24. The molecule has 0 saturated carbocycles. The van der Waals surface area contributed by atoms with E-state index in [1.807, 2.05) is 52.3 Å². The van der Waals surface area contributed by atoms with Crippen LogP contribution in [0.3, 0.4) is 0 Å². The Morgan fingerprint density at radius 2 is 1.33 bits per heavy atom. The number of hydrogen-bond donors (Lipinski definition) is 0. The van der Waals surface area contributed by atoms with Crippen LogP contribution in [-0.2, 0) is 9.59 Å². The smallest absolute Gasteiger partial charge is 0.246 e. The molecule has 2 aliphatic heterocycles. The highest BCUT2D eigenvalue weighted by Crippen LogP contribution is 2.22. The van der Waals surface area contributed by atoms with E-state index >= 15 is 0 Å². The summed E-state index contributed by atoms with van der Waals surface area (Å²) in [6, 6.07) is 20.2. The van der Waals surface area contributed by atoms with Crippen LogP contribution in [0.2, 0.25) is 0 Å². The number of hydrogen-bond acceptors (Lipinski definition) is 3. The summed E-state index contributed by atoms with van der Waals surface area (Å²) >= 11 is 0. The third kappa shape index (κ3) is 4.90. The van der Waals surface area contributed by atoms with Gasteiger partial charge >= 0.3 is 0 Å². The minimum atomic E-state index is 0.0289. The van der Waals surface area contributed by atoms with Crippen molar-refractivity contribution in [1.29, 1.82) is 0 Å². The van der Waals surface area contributed by atoms with Crippen molar-refractivity contribution in [2.24, 2.45) is 5.92 Å². The Bertz CT molecular complexity index is 866. The average Bonchev–Trinajstić information content (AvgIpc) is 2.83. The SMILES string of the molecule is O=C(/C=C/c1ccccc1)N1CCC(C(=O)N2CCN(c3ccccc3)CC2)CC1. The Kier molecular flexibility index (Phi) is 6.47. The van der Waals surface area contributed by atoms with Crippen molar-refractivity contribution in [2.75, 3.05) is 44.2 Å². The van der Waals surface area contributed by atoms with Crippen LogP contribution in [0.4, 0.5) is 5.69 Å². The summed E-state index contributed by atoms with van der Waals surface area (Å²) in [5, 5.41) is 0. The van der Waals surface area contributed by atoms with Crippen molar-refractivity contribution >= 4 is 23.6 Å².